The van der Waals surface area contributed by atoms with Gasteiger partial charge in [0.05, 0.1) is 11.6 Å². The molecule has 0 radical (unpaired) electrons. The topological polar surface area (TPSA) is 17.4 Å². The van der Waals surface area contributed by atoms with Crippen LogP contribution in [-0.2, 0) is 11.2 Å². The van der Waals surface area contributed by atoms with E-state index in [1.165, 1.54) is 29.6 Å². The van der Waals surface area contributed by atoms with E-state index in [2.05, 4.69) is 52.8 Å². The summed E-state index contributed by atoms with van der Waals surface area (Å²) in [6.45, 7) is 4.60. The minimum absolute atomic E-state index is 0.141. The molecule has 3 atom stereocenters. The van der Waals surface area contributed by atoms with Crippen LogP contribution >= 0.6 is 0 Å². The third-order valence-electron chi connectivity index (χ3n) is 6.44. The van der Waals surface area contributed by atoms with E-state index < -0.39 is 0 Å². The maximum absolute atomic E-state index is 5.98. The van der Waals surface area contributed by atoms with Gasteiger partial charge in [0.1, 0.15) is 6.23 Å². The van der Waals surface area contributed by atoms with Gasteiger partial charge >= 0.3 is 0 Å². The van der Waals surface area contributed by atoms with E-state index in [-0.39, 0.29) is 11.6 Å². The summed E-state index contributed by atoms with van der Waals surface area (Å²) in [6, 6.07) is 9.41. The number of fused-ring (bicyclic) bond motifs is 3. The van der Waals surface area contributed by atoms with Gasteiger partial charge in [-0.25, -0.2) is 0 Å². The van der Waals surface area contributed by atoms with Gasteiger partial charge in [0.15, 0.2) is 0 Å². The zero-order valence-corrected chi connectivity index (χ0v) is 14.0. The van der Waals surface area contributed by atoms with Gasteiger partial charge < -0.3 is 9.30 Å². The lowest BCUT2D eigenvalue weighted by molar-refractivity contribution is -0.0530. The van der Waals surface area contributed by atoms with Gasteiger partial charge in [-0.05, 0) is 24.5 Å². The minimum Gasteiger partial charge on any atom is -0.361 e. The summed E-state index contributed by atoms with van der Waals surface area (Å²) >= 11 is 0. The van der Waals surface area contributed by atoms with Gasteiger partial charge in [-0.2, -0.15) is 0 Å². The Hall–Kier alpha value is -1.58. The summed E-state index contributed by atoms with van der Waals surface area (Å²) in [6.07, 6.45) is 8.42. The summed E-state index contributed by atoms with van der Waals surface area (Å²) in [5.74, 6) is 0. The average Bonchev–Trinajstić information content (AvgIpc) is 2.95. The molecule has 0 bridgehead atoms. The molecular formula is C20H24N2O. The molecule has 5 rings (SSSR count). The standard InChI is InChI=1S/C20H24N2O/c1-3-20-10-6-11-21-12-9-15-14-7-4-5-8-16(14)22(17(13-20)23-2)18(15)19(20)21/h4-8,10,17,19H,3,9,11-13H2,1-2H3/t17-,19+,20-/m0/s1. The van der Waals surface area contributed by atoms with Gasteiger partial charge in [-0.1, -0.05) is 37.3 Å². The minimum atomic E-state index is 0.141. The van der Waals surface area contributed by atoms with Crippen molar-refractivity contribution in [2.45, 2.75) is 38.5 Å². The molecule has 0 spiro atoms. The molecule has 0 saturated heterocycles. The molecule has 0 fully saturated rings. The monoisotopic (exact) mass is 308 g/mol. The van der Waals surface area contributed by atoms with Crippen molar-refractivity contribution in [2.75, 3.05) is 20.2 Å². The van der Waals surface area contributed by atoms with Crippen molar-refractivity contribution in [3.05, 3.63) is 47.7 Å². The first-order chi connectivity index (χ1) is 11.3. The number of ether oxygens (including phenoxy) is 1. The maximum atomic E-state index is 5.98. The Kier molecular flexibility index (Phi) is 2.83. The molecule has 0 aliphatic carbocycles. The molecule has 2 aromatic rings. The first-order valence-corrected chi connectivity index (χ1v) is 8.85. The van der Waals surface area contributed by atoms with Crippen molar-refractivity contribution in [3.8, 4) is 0 Å². The number of rotatable bonds is 2. The fourth-order valence-electron chi connectivity index (χ4n) is 5.37. The SMILES string of the molecule is CC[C@]12C=CCN3CCc4c(n(c5ccccc45)[C@@H](OC)C1)[C@@H]32. The van der Waals surface area contributed by atoms with Crippen LogP contribution in [0.5, 0.6) is 0 Å². The van der Waals surface area contributed by atoms with E-state index in [1.54, 1.807) is 5.56 Å². The summed E-state index contributed by atoms with van der Waals surface area (Å²) in [4.78, 5) is 2.69. The molecule has 120 valence electrons. The summed E-state index contributed by atoms with van der Waals surface area (Å²) in [5, 5.41) is 1.44. The number of methoxy groups -OCH3 is 1. The molecule has 0 N–H and O–H groups in total. The van der Waals surface area contributed by atoms with Crippen LogP contribution in [0.2, 0.25) is 0 Å². The van der Waals surface area contributed by atoms with E-state index in [4.69, 9.17) is 4.74 Å². The lowest BCUT2D eigenvalue weighted by Crippen LogP contribution is -2.51. The maximum Gasteiger partial charge on any atom is 0.134 e. The largest absolute Gasteiger partial charge is 0.361 e. The summed E-state index contributed by atoms with van der Waals surface area (Å²) in [5.41, 5.74) is 4.67. The van der Waals surface area contributed by atoms with Crippen LogP contribution in [0.1, 0.15) is 43.3 Å². The Morgan fingerprint density at radius 1 is 1.30 bits per heavy atom. The van der Waals surface area contributed by atoms with E-state index in [0.717, 1.165) is 19.4 Å². The van der Waals surface area contributed by atoms with Gasteiger partial charge in [-0.3, -0.25) is 4.90 Å². The second-order valence-electron chi connectivity index (χ2n) is 7.28. The van der Waals surface area contributed by atoms with Crippen molar-refractivity contribution in [2.24, 2.45) is 5.41 Å². The summed E-state index contributed by atoms with van der Waals surface area (Å²) < 4.78 is 8.49. The molecule has 3 heteroatoms. The van der Waals surface area contributed by atoms with Crippen LogP contribution in [0.4, 0.5) is 0 Å². The molecule has 1 aromatic carbocycles. The third-order valence-corrected chi connectivity index (χ3v) is 6.44. The quantitative estimate of drug-likeness (QED) is 0.779. The Labute approximate surface area is 137 Å². The van der Waals surface area contributed by atoms with Crippen molar-refractivity contribution in [1.29, 1.82) is 0 Å². The molecular weight excluding hydrogens is 284 g/mol. The molecule has 3 aliphatic rings. The Morgan fingerprint density at radius 3 is 3.00 bits per heavy atom. The second kappa shape index (κ2) is 4.71. The van der Waals surface area contributed by atoms with Crippen molar-refractivity contribution >= 4 is 10.9 Å². The third kappa shape index (κ3) is 1.62. The zero-order valence-electron chi connectivity index (χ0n) is 14.0. The summed E-state index contributed by atoms with van der Waals surface area (Å²) in [7, 11) is 1.86. The van der Waals surface area contributed by atoms with Gasteiger partial charge in [0.25, 0.3) is 0 Å². The fourth-order valence-corrected chi connectivity index (χ4v) is 5.37. The molecule has 0 unspecified atom stereocenters. The smallest absolute Gasteiger partial charge is 0.134 e. The van der Waals surface area contributed by atoms with Crippen LogP contribution in [-0.4, -0.2) is 29.7 Å². The first kappa shape index (κ1) is 13.8. The Balaban J connectivity index is 1.87. The van der Waals surface area contributed by atoms with Crippen molar-refractivity contribution in [3.63, 3.8) is 0 Å². The highest BCUT2D eigenvalue weighted by atomic mass is 16.5. The van der Waals surface area contributed by atoms with Gasteiger partial charge in [0.2, 0.25) is 0 Å². The van der Waals surface area contributed by atoms with Crippen LogP contribution in [0.25, 0.3) is 10.9 Å². The lowest BCUT2D eigenvalue weighted by Gasteiger charge is -2.54. The van der Waals surface area contributed by atoms with Crippen LogP contribution in [0.3, 0.4) is 0 Å². The number of nitrogens with zero attached hydrogens (tertiary/aromatic N) is 2. The number of hydrogen-bond donors (Lipinski definition) is 0. The highest BCUT2D eigenvalue weighted by Gasteiger charge is 2.51. The Bertz CT molecular complexity index is 805. The van der Waals surface area contributed by atoms with Crippen LogP contribution in [0.15, 0.2) is 36.4 Å². The second-order valence-corrected chi connectivity index (χ2v) is 7.28. The molecule has 0 amide bonds. The van der Waals surface area contributed by atoms with Gasteiger partial charge in [-0.15, -0.1) is 0 Å². The van der Waals surface area contributed by atoms with E-state index in [0.29, 0.717) is 6.04 Å². The highest BCUT2D eigenvalue weighted by Crippen LogP contribution is 2.57. The predicted octanol–water partition coefficient (Wildman–Crippen LogP) is 4.06. The lowest BCUT2D eigenvalue weighted by atomic mass is 9.67. The van der Waals surface area contributed by atoms with E-state index in [1.807, 2.05) is 7.11 Å². The normalized spacial score (nSPS) is 32.3. The van der Waals surface area contributed by atoms with Gasteiger partial charge in [0, 0.05) is 43.1 Å². The molecule has 4 heterocycles. The molecule has 1 aromatic heterocycles. The highest BCUT2D eigenvalue weighted by molar-refractivity contribution is 5.86. The number of para-hydroxylation sites is 1. The molecule has 3 aliphatic heterocycles. The fraction of sp³-hybridized carbons (Fsp3) is 0.500. The molecule has 3 nitrogen and oxygen atoms in total. The van der Waals surface area contributed by atoms with Crippen molar-refractivity contribution in [1.82, 2.24) is 9.47 Å². The number of aromatic nitrogens is 1. The average molecular weight is 308 g/mol. The number of benzene rings is 1. The number of hydrogen-bond acceptors (Lipinski definition) is 2. The Morgan fingerprint density at radius 2 is 2.17 bits per heavy atom. The van der Waals surface area contributed by atoms with E-state index in [9.17, 15) is 0 Å². The van der Waals surface area contributed by atoms with Crippen LogP contribution in [0, 0.1) is 5.41 Å². The predicted molar refractivity (Wildman–Crippen MR) is 92.5 cm³/mol. The zero-order chi connectivity index (χ0) is 15.6. The van der Waals surface area contributed by atoms with Crippen LogP contribution < -0.4 is 0 Å². The molecule has 0 saturated carbocycles. The van der Waals surface area contributed by atoms with Crippen molar-refractivity contribution < 1.29 is 4.74 Å². The first-order valence-electron chi connectivity index (χ1n) is 8.85. The molecule has 23 heavy (non-hydrogen) atoms. The van der Waals surface area contributed by atoms with E-state index >= 15 is 0 Å².